The van der Waals surface area contributed by atoms with Crippen LogP contribution in [0.4, 0.5) is 0 Å². The predicted octanol–water partition coefficient (Wildman–Crippen LogP) is 2.19. The highest BCUT2D eigenvalue weighted by molar-refractivity contribution is 6.25. The smallest absolute Gasteiger partial charge is 0.0202 e. The number of likely N-dealkylation sites (tertiary alicyclic amines) is 1. The molecule has 2 atom stereocenters. The molecule has 0 saturated carbocycles. The van der Waals surface area contributed by atoms with E-state index in [0.29, 0.717) is 12.0 Å². The van der Waals surface area contributed by atoms with Gasteiger partial charge in [-0.1, -0.05) is 24.9 Å². The standard InChI is InChI=1S/C11H21ClN2/c1-3-10-8-14(5-4-11(10)13)7-9(2)6-12/h6,10-11H,3-5,7-8,13H2,1-2H3. The normalized spacial score (nSPS) is 30.7. The summed E-state index contributed by atoms with van der Waals surface area (Å²) < 4.78 is 0. The highest BCUT2D eigenvalue weighted by atomic mass is 35.5. The second-order valence-corrected chi connectivity index (χ2v) is 4.53. The van der Waals surface area contributed by atoms with Crippen LogP contribution < -0.4 is 5.73 Å². The number of nitrogens with two attached hydrogens (primary N) is 1. The number of piperidine rings is 1. The van der Waals surface area contributed by atoms with Crippen LogP contribution >= 0.6 is 11.6 Å². The van der Waals surface area contributed by atoms with Gasteiger partial charge in [0, 0.05) is 24.7 Å². The second kappa shape index (κ2) is 5.74. The van der Waals surface area contributed by atoms with Crippen molar-refractivity contribution in [2.24, 2.45) is 11.7 Å². The quantitative estimate of drug-likeness (QED) is 0.784. The number of rotatable bonds is 3. The SMILES string of the molecule is CCC1CN(CC(C)=CCl)CCC1N. The lowest BCUT2D eigenvalue weighted by Crippen LogP contribution is -2.47. The number of hydrogen-bond acceptors (Lipinski definition) is 2. The van der Waals surface area contributed by atoms with Crippen molar-refractivity contribution in [3.8, 4) is 0 Å². The summed E-state index contributed by atoms with van der Waals surface area (Å²) in [4.78, 5) is 2.45. The minimum Gasteiger partial charge on any atom is -0.327 e. The largest absolute Gasteiger partial charge is 0.327 e. The first kappa shape index (κ1) is 12.0. The van der Waals surface area contributed by atoms with E-state index in [1.807, 2.05) is 0 Å². The van der Waals surface area contributed by atoms with Gasteiger partial charge in [0.2, 0.25) is 0 Å². The van der Waals surface area contributed by atoms with E-state index >= 15 is 0 Å². The molecule has 0 aromatic heterocycles. The molecule has 0 aliphatic carbocycles. The molecule has 1 saturated heterocycles. The van der Waals surface area contributed by atoms with Gasteiger partial charge in [-0.15, -0.1) is 0 Å². The van der Waals surface area contributed by atoms with Crippen LogP contribution in [0.2, 0.25) is 0 Å². The molecule has 14 heavy (non-hydrogen) atoms. The van der Waals surface area contributed by atoms with Crippen molar-refractivity contribution in [1.29, 1.82) is 0 Å². The first-order valence-corrected chi connectivity index (χ1v) is 5.84. The van der Waals surface area contributed by atoms with Crippen LogP contribution in [0.15, 0.2) is 11.1 Å². The van der Waals surface area contributed by atoms with E-state index < -0.39 is 0 Å². The molecule has 1 rings (SSSR count). The van der Waals surface area contributed by atoms with Gasteiger partial charge in [-0.05, 0) is 31.4 Å². The average molecular weight is 217 g/mol. The van der Waals surface area contributed by atoms with Crippen molar-refractivity contribution in [2.75, 3.05) is 19.6 Å². The number of hydrogen-bond donors (Lipinski definition) is 1. The van der Waals surface area contributed by atoms with Gasteiger partial charge < -0.3 is 5.73 Å². The van der Waals surface area contributed by atoms with Gasteiger partial charge in [0.25, 0.3) is 0 Å². The molecule has 3 heteroatoms. The Labute approximate surface area is 92.1 Å². The third-order valence-corrected chi connectivity index (χ3v) is 3.43. The molecule has 1 heterocycles. The summed E-state index contributed by atoms with van der Waals surface area (Å²) in [7, 11) is 0. The molecule has 0 radical (unpaired) electrons. The fraction of sp³-hybridized carbons (Fsp3) is 0.818. The Kier molecular flexibility index (Phi) is 4.93. The van der Waals surface area contributed by atoms with E-state index in [1.165, 1.54) is 12.0 Å². The molecule has 0 aromatic carbocycles. The van der Waals surface area contributed by atoms with Crippen LogP contribution in [0.1, 0.15) is 26.7 Å². The van der Waals surface area contributed by atoms with Crippen LogP contribution in [-0.2, 0) is 0 Å². The van der Waals surface area contributed by atoms with Gasteiger partial charge in [0.15, 0.2) is 0 Å². The number of nitrogens with zero attached hydrogens (tertiary/aromatic N) is 1. The Morgan fingerprint density at radius 3 is 2.93 bits per heavy atom. The molecular weight excluding hydrogens is 196 g/mol. The van der Waals surface area contributed by atoms with Gasteiger partial charge in [-0.3, -0.25) is 4.90 Å². The molecule has 0 aromatic rings. The van der Waals surface area contributed by atoms with Gasteiger partial charge in [-0.2, -0.15) is 0 Å². The monoisotopic (exact) mass is 216 g/mol. The summed E-state index contributed by atoms with van der Waals surface area (Å²) in [6.45, 7) is 7.52. The van der Waals surface area contributed by atoms with E-state index in [4.69, 9.17) is 17.3 Å². The van der Waals surface area contributed by atoms with Crippen LogP contribution in [0.5, 0.6) is 0 Å². The van der Waals surface area contributed by atoms with Crippen LogP contribution in [-0.4, -0.2) is 30.6 Å². The molecule has 2 nitrogen and oxygen atoms in total. The number of halogens is 1. The Hall–Kier alpha value is -0.0500. The first-order chi connectivity index (χ1) is 6.67. The molecule has 2 unspecified atom stereocenters. The highest BCUT2D eigenvalue weighted by Gasteiger charge is 2.24. The van der Waals surface area contributed by atoms with Crippen LogP contribution in [0.3, 0.4) is 0 Å². The highest BCUT2D eigenvalue weighted by Crippen LogP contribution is 2.19. The zero-order chi connectivity index (χ0) is 10.6. The van der Waals surface area contributed by atoms with Crippen LogP contribution in [0, 0.1) is 5.92 Å². The summed E-state index contributed by atoms with van der Waals surface area (Å²) in [6.07, 6.45) is 2.30. The first-order valence-electron chi connectivity index (χ1n) is 5.41. The third-order valence-electron chi connectivity index (χ3n) is 3.06. The third kappa shape index (κ3) is 3.26. The minimum absolute atomic E-state index is 0.400. The van der Waals surface area contributed by atoms with Crippen molar-refractivity contribution in [3.05, 3.63) is 11.1 Å². The van der Waals surface area contributed by atoms with Crippen molar-refractivity contribution in [3.63, 3.8) is 0 Å². The maximum Gasteiger partial charge on any atom is 0.0202 e. The molecule has 0 spiro atoms. The Morgan fingerprint density at radius 1 is 1.64 bits per heavy atom. The molecule has 1 aliphatic heterocycles. The Morgan fingerprint density at radius 2 is 2.36 bits per heavy atom. The topological polar surface area (TPSA) is 29.3 Å². The van der Waals surface area contributed by atoms with Crippen molar-refractivity contribution < 1.29 is 0 Å². The molecule has 2 N–H and O–H groups in total. The van der Waals surface area contributed by atoms with Crippen molar-refractivity contribution >= 4 is 11.6 Å². The molecule has 0 bridgehead atoms. The summed E-state index contributed by atoms with van der Waals surface area (Å²) in [5, 5.41) is 0. The van der Waals surface area contributed by atoms with E-state index in [2.05, 4.69) is 18.7 Å². The van der Waals surface area contributed by atoms with Crippen molar-refractivity contribution in [1.82, 2.24) is 4.90 Å². The zero-order valence-electron chi connectivity index (χ0n) is 9.17. The van der Waals surface area contributed by atoms with E-state index in [1.54, 1.807) is 5.54 Å². The average Bonchev–Trinajstić information content (AvgIpc) is 2.20. The van der Waals surface area contributed by atoms with E-state index in [9.17, 15) is 0 Å². The maximum atomic E-state index is 6.05. The lowest BCUT2D eigenvalue weighted by molar-refractivity contribution is 0.163. The summed E-state index contributed by atoms with van der Waals surface area (Å²) >= 11 is 5.66. The van der Waals surface area contributed by atoms with E-state index in [0.717, 1.165) is 26.1 Å². The predicted molar refractivity (Wildman–Crippen MR) is 62.4 cm³/mol. The molecule has 1 fully saturated rings. The maximum absolute atomic E-state index is 6.05. The fourth-order valence-corrected chi connectivity index (χ4v) is 2.16. The lowest BCUT2D eigenvalue weighted by Gasteiger charge is -2.36. The Bertz CT molecular complexity index is 203. The van der Waals surface area contributed by atoms with Gasteiger partial charge in [-0.25, -0.2) is 0 Å². The van der Waals surface area contributed by atoms with Crippen LogP contribution in [0.25, 0.3) is 0 Å². The van der Waals surface area contributed by atoms with Gasteiger partial charge in [0.05, 0.1) is 0 Å². The second-order valence-electron chi connectivity index (χ2n) is 4.31. The molecular formula is C11H21ClN2. The zero-order valence-corrected chi connectivity index (χ0v) is 9.93. The summed E-state index contributed by atoms with van der Waals surface area (Å²) in [5.41, 5.74) is 8.96. The fourth-order valence-electron chi connectivity index (χ4n) is 2.09. The lowest BCUT2D eigenvalue weighted by atomic mass is 9.90. The molecule has 82 valence electrons. The summed E-state index contributed by atoms with van der Waals surface area (Å²) in [5.74, 6) is 0.659. The minimum atomic E-state index is 0.400. The Balaban J connectivity index is 2.42. The van der Waals surface area contributed by atoms with Gasteiger partial charge in [0.1, 0.15) is 0 Å². The summed E-state index contributed by atoms with van der Waals surface area (Å²) in [6, 6.07) is 0.400. The van der Waals surface area contributed by atoms with Crippen molar-refractivity contribution in [2.45, 2.75) is 32.7 Å². The van der Waals surface area contributed by atoms with E-state index in [-0.39, 0.29) is 0 Å². The molecule has 1 aliphatic rings. The molecule has 0 amide bonds. The van der Waals surface area contributed by atoms with Gasteiger partial charge >= 0.3 is 0 Å².